The molecule has 1 saturated heterocycles. The van der Waals surface area contributed by atoms with Gasteiger partial charge >= 0.3 is 0 Å². The van der Waals surface area contributed by atoms with Gasteiger partial charge in [-0.2, -0.15) is 0 Å². The fourth-order valence-corrected chi connectivity index (χ4v) is 2.56. The SMILES string of the molecule is CC(NC(=O)C1CCCNC1)c1nccs1. The molecule has 2 N–H and O–H groups in total. The highest BCUT2D eigenvalue weighted by molar-refractivity contribution is 7.09. The maximum Gasteiger partial charge on any atom is 0.224 e. The molecule has 0 bridgehead atoms. The maximum atomic E-state index is 11.9. The molecule has 2 unspecified atom stereocenters. The minimum Gasteiger partial charge on any atom is -0.347 e. The number of hydrogen-bond donors (Lipinski definition) is 2. The molecule has 2 heterocycles. The average Bonchev–Trinajstić information content (AvgIpc) is 2.83. The molecule has 4 nitrogen and oxygen atoms in total. The molecule has 88 valence electrons. The van der Waals surface area contributed by atoms with E-state index in [1.165, 1.54) is 0 Å². The highest BCUT2D eigenvalue weighted by Gasteiger charge is 2.22. The first kappa shape index (κ1) is 11.5. The highest BCUT2D eigenvalue weighted by atomic mass is 32.1. The Kier molecular flexibility index (Phi) is 3.90. The zero-order valence-corrected chi connectivity index (χ0v) is 10.2. The molecule has 1 aliphatic rings. The molecule has 1 aromatic heterocycles. The van der Waals surface area contributed by atoms with Gasteiger partial charge in [0.2, 0.25) is 5.91 Å². The summed E-state index contributed by atoms with van der Waals surface area (Å²) in [6.45, 7) is 3.81. The van der Waals surface area contributed by atoms with E-state index in [1.54, 1.807) is 17.5 Å². The second-order valence-electron chi connectivity index (χ2n) is 4.14. The summed E-state index contributed by atoms with van der Waals surface area (Å²) < 4.78 is 0. The Hall–Kier alpha value is -0.940. The summed E-state index contributed by atoms with van der Waals surface area (Å²) in [5.41, 5.74) is 0. The smallest absolute Gasteiger partial charge is 0.224 e. The normalized spacial score (nSPS) is 22.7. The largest absolute Gasteiger partial charge is 0.347 e. The van der Waals surface area contributed by atoms with Crippen LogP contribution in [0, 0.1) is 5.92 Å². The van der Waals surface area contributed by atoms with Gasteiger partial charge in [-0.1, -0.05) is 0 Å². The van der Waals surface area contributed by atoms with Crippen LogP contribution in [0.2, 0.25) is 0 Å². The third-order valence-corrected chi connectivity index (χ3v) is 3.81. The molecule has 0 saturated carbocycles. The number of thiazole rings is 1. The van der Waals surface area contributed by atoms with Gasteiger partial charge in [-0.15, -0.1) is 11.3 Å². The van der Waals surface area contributed by atoms with Crippen LogP contribution in [0.25, 0.3) is 0 Å². The topological polar surface area (TPSA) is 54.0 Å². The van der Waals surface area contributed by atoms with Gasteiger partial charge in [0, 0.05) is 18.1 Å². The van der Waals surface area contributed by atoms with E-state index in [4.69, 9.17) is 0 Å². The monoisotopic (exact) mass is 239 g/mol. The molecule has 1 fully saturated rings. The first-order chi connectivity index (χ1) is 7.77. The molecule has 0 radical (unpaired) electrons. The van der Waals surface area contributed by atoms with Gasteiger partial charge in [-0.05, 0) is 26.3 Å². The fourth-order valence-electron chi connectivity index (χ4n) is 1.92. The number of amides is 1. The van der Waals surface area contributed by atoms with Crippen LogP contribution in [0.5, 0.6) is 0 Å². The lowest BCUT2D eigenvalue weighted by atomic mass is 9.98. The summed E-state index contributed by atoms with van der Waals surface area (Å²) in [4.78, 5) is 16.1. The average molecular weight is 239 g/mol. The zero-order valence-electron chi connectivity index (χ0n) is 9.40. The van der Waals surface area contributed by atoms with Crippen LogP contribution in [-0.2, 0) is 4.79 Å². The highest BCUT2D eigenvalue weighted by Crippen LogP contribution is 2.17. The van der Waals surface area contributed by atoms with E-state index in [-0.39, 0.29) is 17.9 Å². The number of carbonyl (C=O) groups excluding carboxylic acids is 1. The molecule has 16 heavy (non-hydrogen) atoms. The molecular weight excluding hydrogens is 222 g/mol. The molecule has 2 rings (SSSR count). The van der Waals surface area contributed by atoms with Crippen molar-refractivity contribution < 1.29 is 4.79 Å². The van der Waals surface area contributed by atoms with Crippen LogP contribution in [0.15, 0.2) is 11.6 Å². The Labute approximate surface area is 99.5 Å². The Morgan fingerprint density at radius 1 is 1.75 bits per heavy atom. The minimum absolute atomic E-state index is 0.0226. The maximum absolute atomic E-state index is 11.9. The summed E-state index contributed by atoms with van der Waals surface area (Å²) in [5, 5.41) is 9.17. The third-order valence-electron chi connectivity index (χ3n) is 2.85. The predicted octanol–water partition coefficient (Wildman–Crippen LogP) is 1.32. The standard InChI is InChI=1S/C11H17N3OS/c1-8(11-13-5-6-16-11)14-10(15)9-3-2-4-12-7-9/h5-6,8-9,12H,2-4,7H2,1H3,(H,14,15). The van der Waals surface area contributed by atoms with E-state index < -0.39 is 0 Å². The van der Waals surface area contributed by atoms with Crippen molar-refractivity contribution in [3.63, 3.8) is 0 Å². The van der Waals surface area contributed by atoms with E-state index in [2.05, 4.69) is 15.6 Å². The van der Waals surface area contributed by atoms with Gasteiger partial charge in [-0.3, -0.25) is 4.79 Å². The Morgan fingerprint density at radius 3 is 3.25 bits per heavy atom. The van der Waals surface area contributed by atoms with Crippen molar-refractivity contribution >= 4 is 17.2 Å². The van der Waals surface area contributed by atoms with E-state index >= 15 is 0 Å². The molecule has 0 spiro atoms. The van der Waals surface area contributed by atoms with Gasteiger partial charge in [0.1, 0.15) is 5.01 Å². The van der Waals surface area contributed by atoms with E-state index in [1.807, 2.05) is 12.3 Å². The fraction of sp³-hybridized carbons (Fsp3) is 0.636. The van der Waals surface area contributed by atoms with E-state index in [0.717, 1.165) is 30.9 Å². The lowest BCUT2D eigenvalue weighted by Gasteiger charge is -2.23. The Balaban J connectivity index is 1.86. The molecule has 5 heteroatoms. The lowest BCUT2D eigenvalue weighted by Crippen LogP contribution is -2.41. The molecule has 0 aromatic carbocycles. The van der Waals surface area contributed by atoms with Gasteiger partial charge in [-0.25, -0.2) is 4.98 Å². The van der Waals surface area contributed by atoms with Crippen LogP contribution in [0.1, 0.15) is 30.8 Å². The number of carbonyl (C=O) groups is 1. The number of nitrogens with one attached hydrogen (secondary N) is 2. The van der Waals surface area contributed by atoms with Crippen molar-refractivity contribution in [3.05, 3.63) is 16.6 Å². The van der Waals surface area contributed by atoms with Crippen molar-refractivity contribution in [1.29, 1.82) is 0 Å². The minimum atomic E-state index is 0.0226. The summed E-state index contributed by atoms with van der Waals surface area (Å²) in [7, 11) is 0. The number of aromatic nitrogens is 1. The first-order valence-electron chi connectivity index (χ1n) is 5.68. The van der Waals surface area contributed by atoms with Crippen molar-refractivity contribution in [3.8, 4) is 0 Å². The first-order valence-corrected chi connectivity index (χ1v) is 6.56. The van der Waals surface area contributed by atoms with Crippen molar-refractivity contribution in [2.45, 2.75) is 25.8 Å². The van der Waals surface area contributed by atoms with Gasteiger partial charge in [0.05, 0.1) is 12.0 Å². The van der Waals surface area contributed by atoms with Gasteiger partial charge < -0.3 is 10.6 Å². The van der Waals surface area contributed by atoms with Crippen LogP contribution >= 0.6 is 11.3 Å². The predicted molar refractivity (Wildman–Crippen MR) is 64.3 cm³/mol. The third kappa shape index (κ3) is 2.80. The summed E-state index contributed by atoms with van der Waals surface area (Å²) in [5.74, 6) is 0.270. The van der Waals surface area contributed by atoms with Crippen LogP contribution in [0.3, 0.4) is 0 Å². The van der Waals surface area contributed by atoms with Crippen LogP contribution < -0.4 is 10.6 Å². The number of piperidine rings is 1. The molecule has 1 amide bonds. The summed E-state index contributed by atoms with van der Waals surface area (Å²) in [6, 6.07) is 0.0226. The van der Waals surface area contributed by atoms with Gasteiger partial charge in [0.25, 0.3) is 0 Å². The van der Waals surface area contributed by atoms with E-state index in [9.17, 15) is 4.79 Å². The van der Waals surface area contributed by atoms with Crippen LogP contribution in [0.4, 0.5) is 0 Å². The van der Waals surface area contributed by atoms with Gasteiger partial charge in [0.15, 0.2) is 0 Å². The molecular formula is C11H17N3OS. The quantitative estimate of drug-likeness (QED) is 0.836. The second kappa shape index (κ2) is 5.41. The molecule has 0 aliphatic carbocycles. The molecule has 1 aromatic rings. The molecule has 1 aliphatic heterocycles. The summed E-state index contributed by atoms with van der Waals surface area (Å²) >= 11 is 1.58. The zero-order chi connectivity index (χ0) is 11.4. The molecule has 2 atom stereocenters. The number of nitrogens with zero attached hydrogens (tertiary/aromatic N) is 1. The van der Waals surface area contributed by atoms with E-state index in [0.29, 0.717) is 0 Å². The van der Waals surface area contributed by atoms with Crippen molar-refractivity contribution in [1.82, 2.24) is 15.6 Å². The Morgan fingerprint density at radius 2 is 2.62 bits per heavy atom. The number of hydrogen-bond acceptors (Lipinski definition) is 4. The van der Waals surface area contributed by atoms with Crippen LogP contribution in [-0.4, -0.2) is 24.0 Å². The summed E-state index contributed by atoms with van der Waals surface area (Å²) in [6.07, 6.45) is 3.85. The van der Waals surface area contributed by atoms with Crippen molar-refractivity contribution in [2.75, 3.05) is 13.1 Å². The Bertz CT molecular complexity index is 333. The van der Waals surface area contributed by atoms with Crippen molar-refractivity contribution in [2.24, 2.45) is 5.92 Å². The number of rotatable bonds is 3. The lowest BCUT2D eigenvalue weighted by molar-refractivity contribution is -0.126. The second-order valence-corrected chi connectivity index (χ2v) is 5.07.